The average Bonchev–Trinajstić information content (AvgIpc) is 2.73. The van der Waals surface area contributed by atoms with Crippen molar-refractivity contribution in [2.75, 3.05) is 60.0 Å². The van der Waals surface area contributed by atoms with Crippen molar-refractivity contribution in [2.45, 2.75) is 31.3 Å². The normalized spacial score (nSPS) is 22.6. The molecule has 2 amide bonds. The van der Waals surface area contributed by atoms with Gasteiger partial charge in [0.1, 0.15) is 18.0 Å². The number of piperidine rings is 1. The summed E-state index contributed by atoms with van der Waals surface area (Å²) in [6, 6.07) is 9.53. The zero-order chi connectivity index (χ0) is 20.7. The molecular formula is C22H33N3O4. The Bertz CT molecular complexity index is 676. The first-order valence-electron chi connectivity index (χ1n) is 10.5. The predicted molar refractivity (Wildman–Crippen MR) is 111 cm³/mol. The van der Waals surface area contributed by atoms with Crippen molar-refractivity contribution in [3.8, 4) is 5.75 Å². The summed E-state index contributed by atoms with van der Waals surface area (Å²) in [6.45, 7) is 3.50. The highest BCUT2D eigenvalue weighted by atomic mass is 16.5. The molecule has 0 aromatic heterocycles. The molecule has 1 unspecified atom stereocenters. The molecule has 0 saturated carbocycles. The van der Waals surface area contributed by atoms with Crippen LogP contribution in [0.25, 0.3) is 0 Å². The summed E-state index contributed by atoms with van der Waals surface area (Å²) >= 11 is 0. The summed E-state index contributed by atoms with van der Waals surface area (Å²) in [4.78, 5) is 31.3. The largest absolute Gasteiger partial charge is 0.490 e. The van der Waals surface area contributed by atoms with E-state index in [9.17, 15) is 9.59 Å². The molecule has 1 aromatic carbocycles. The molecule has 2 heterocycles. The van der Waals surface area contributed by atoms with Crippen LogP contribution < -0.4 is 4.74 Å². The SMILES string of the molecule is CN(C)CC(=O)N1CCOC(COc2ccccc2)(CC(=O)N2CCCCC2)C1. The van der Waals surface area contributed by atoms with Crippen molar-refractivity contribution < 1.29 is 19.1 Å². The van der Waals surface area contributed by atoms with Gasteiger partial charge >= 0.3 is 0 Å². The van der Waals surface area contributed by atoms with Crippen molar-refractivity contribution in [1.29, 1.82) is 0 Å². The molecule has 2 aliphatic heterocycles. The zero-order valence-corrected chi connectivity index (χ0v) is 17.6. The van der Waals surface area contributed by atoms with Crippen LogP contribution >= 0.6 is 0 Å². The van der Waals surface area contributed by atoms with Crippen molar-refractivity contribution in [2.24, 2.45) is 0 Å². The summed E-state index contributed by atoms with van der Waals surface area (Å²) in [5.41, 5.74) is -0.829. The number of carbonyl (C=O) groups excluding carboxylic acids is 2. The number of amides is 2. The number of rotatable bonds is 7. The number of benzene rings is 1. The van der Waals surface area contributed by atoms with Crippen LogP contribution in [0.4, 0.5) is 0 Å². The van der Waals surface area contributed by atoms with Gasteiger partial charge in [-0.3, -0.25) is 9.59 Å². The summed E-state index contributed by atoms with van der Waals surface area (Å²) in [5, 5.41) is 0. The highest BCUT2D eigenvalue weighted by Gasteiger charge is 2.42. The van der Waals surface area contributed by atoms with Crippen LogP contribution in [-0.2, 0) is 14.3 Å². The van der Waals surface area contributed by atoms with Gasteiger partial charge in [-0.05, 0) is 45.5 Å². The minimum absolute atomic E-state index is 0.0489. The number of likely N-dealkylation sites (tertiary alicyclic amines) is 1. The van der Waals surface area contributed by atoms with E-state index >= 15 is 0 Å². The summed E-state index contributed by atoms with van der Waals surface area (Å²) in [5.74, 6) is 0.869. The molecule has 1 atom stereocenters. The second-order valence-electron chi connectivity index (χ2n) is 8.30. The molecule has 0 N–H and O–H groups in total. The van der Waals surface area contributed by atoms with Gasteiger partial charge in [0.15, 0.2) is 0 Å². The Kier molecular flexibility index (Phi) is 7.50. The minimum Gasteiger partial charge on any atom is -0.490 e. The van der Waals surface area contributed by atoms with E-state index in [1.165, 1.54) is 6.42 Å². The van der Waals surface area contributed by atoms with E-state index in [0.717, 1.165) is 31.7 Å². The van der Waals surface area contributed by atoms with Gasteiger partial charge in [-0.1, -0.05) is 18.2 Å². The Morgan fingerprint density at radius 2 is 1.76 bits per heavy atom. The lowest BCUT2D eigenvalue weighted by atomic mass is 9.96. The predicted octanol–water partition coefficient (Wildman–Crippen LogP) is 1.63. The molecule has 2 aliphatic rings. The fraction of sp³-hybridized carbons (Fsp3) is 0.636. The molecule has 160 valence electrons. The Labute approximate surface area is 173 Å². The van der Waals surface area contributed by atoms with E-state index in [0.29, 0.717) is 26.2 Å². The number of morpholine rings is 1. The molecule has 1 aromatic rings. The summed E-state index contributed by atoms with van der Waals surface area (Å²) in [7, 11) is 3.76. The van der Waals surface area contributed by atoms with Crippen LogP contribution in [0.15, 0.2) is 30.3 Å². The fourth-order valence-electron chi connectivity index (χ4n) is 3.94. The number of para-hydroxylation sites is 1. The molecule has 0 bridgehead atoms. The third-order valence-corrected chi connectivity index (χ3v) is 5.48. The van der Waals surface area contributed by atoms with Crippen molar-refractivity contribution in [1.82, 2.24) is 14.7 Å². The van der Waals surface area contributed by atoms with Gasteiger partial charge in [0.05, 0.1) is 26.1 Å². The van der Waals surface area contributed by atoms with E-state index in [2.05, 4.69) is 0 Å². The van der Waals surface area contributed by atoms with Gasteiger partial charge in [0.25, 0.3) is 0 Å². The van der Waals surface area contributed by atoms with Crippen LogP contribution in [0, 0.1) is 0 Å². The van der Waals surface area contributed by atoms with E-state index in [4.69, 9.17) is 9.47 Å². The Morgan fingerprint density at radius 3 is 2.45 bits per heavy atom. The highest BCUT2D eigenvalue weighted by Crippen LogP contribution is 2.26. The summed E-state index contributed by atoms with van der Waals surface area (Å²) in [6.07, 6.45) is 3.50. The first-order chi connectivity index (χ1) is 14.0. The topological polar surface area (TPSA) is 62.3 Å². The van der Waals surface area contributed by atoms with Gasteiger partial charge in [-0.25, -0.2) is 0 Å². The van der Waals surface area contributed by atoms with Gasteiger partial charge in [0.2, 0.25) is 11.8 Å². The molecule has 2 fully saturated rings. The monoisotopic (exact) mass is 403 g/mol. The average molecular weight is 404 g/mol. The third-order valence-electron chi connectivity index (χ3n) is 5.48. The first kappa shape index (κ1) is 21.6. The molecule has 7 nitrogen and oxygen atoms in total. The molecule has 29 heavy (non-hydrogen) atoms. The maximum atomic E-state index is 13.0. The number of hydrogen-bond donors (Lipinski definition) is 0. The van der Waals surface area contributed by atoms with Crippen LogP contribution in [-0.4, -0.2) is 92.1 Å². The van der Waals surface area contributed by atoms with Crippen molar-refractivity contribution >= 4 is 11.8 Å². The van der Waals surface area contributed by atoms with Crippen LogP contribution in [0.3, 0.4) is 0 Å². The first-order valence-corrected chi connectivity index (χ1v) is 10.5. The number of ether oxygens (including phenoxy) is 2. The molecule has 0 aliphatic carbocycles. The number of hydrogen-bond acceptors (Lipinski definition) is 5. The molecule has 7 heteroatoms. The number of carbonyl (C=O) groups is 2. The van der Waals surface area contributed by atoms with Gasteiger partial charge in [0, 0.05) is 19.6 Å². The smallest absolute Gasteiger partial charge is 0.236 e. The summed E-state index contributed by atoms with van der Waals surface area (Å²) < 4.78 is 12.2. The molecule has 3 rings (SSSR count). The molecule has 2 saturated heterocycles. The maximum absolute atomic E-state index is 13.0. The van der Waals surface area contributed by atoms with E-state index in [1.54, 1.807) is 4.90 Å². The number of likely N-dealkylation sites (N-methyl/N-ethyl adjacent to an activating group) is 1. The van der Waals surface area contributed by atoms with Crippen molar-refractivity contribution in [3.63, 3.8) is 0 Å². The van der Waals surface area contributed by atoms with Crippen LogP contribution in [0.1, 0.15) is 25.7 Å². The van der Waals surface area contributed by atoms with Gasteiger partial charge < -0.3 is 24.2 Å². The van der Waals surface area contributed by atoms with E-state index in [1.807, 2.05) is 54.2 Å². The molecule has 0 radical (unpaired) electrons. The second kappa shape index (κ2) is 10.1. The quantitative estimate of drug-likeness (QED) is 0.693. The standard InChI is InChI=1S/C22H33N3O4/c1-23(2)16-21(27)25-13-14-29-22(17-25,18-28-19-9-5-3-6-10-19)15-20(26)24-11-7-4-8-12-24/h3,5-6,9-10H,4,7-8,11-18H2,1-2H3. The Balaban J connectivity index is 1.72. The molecule has 0 spiro atoms. The maximum Gasteiger partial charge on any atom is 0.236 e. The highest BCUT2D eigenvalue weighted by molar-refractivity contribution is 5.79. The lowest BCUT2D eigenvalue weighted by Gasteiger charge is -2.43. The van der Waals surface area contributed by atoms with E-state index in [-0.39, 0.29) is 24.8 Å². The van der Waals surface area contributed by atoms with Crippen LogP contribution in [0.2, 0.25) is 0 Å². The fourth-order valence-corrected chi connectivity index (χ4v) is 3.94. The lowest BCUT2D eigenvalue weighted by Crippen LogP contribution is -2.59. The molecular weight excluding hydrogens is 370 g/mol. The van der Waals surface area contributed by atoms with Crippen LogP contribution in [0.5, 0.6) is 5.75 Å². The second-order valence-corrected chi connectivity index (χ2v) is 8.30. The van der Waals surface area contributed by atoms with E-state index < -0.39 is 5.60 Å². The van der Waals surface area contributed by atoms with Crippen molar-refractivity contribution in [3.05, 3.63) is 30.3 Å². The third kappa shape index (κ3) is 6.18. The minimum atomic E-state index is -0.829. The Morgan fingerprint density at radius 1 is 1.03 bits per heavy atom. The lowest BCUT2D eigenvalue weighted by molar-refractivity contribution is -0.166. The zero-order valence-electron chi connectivity index (χ0n) is 17.6. The van der Waals surface area contributed by atoms with Gasteiger partial charge in [-0.2, -0.15) is 0 Å². The number of nitrogens with zero attached hydrogens (tertiary/aromatic N) is 3. The Hall–Kier alpha value is -2.12. The van der Waals surface area contributed by atoms with Gasteiger partial charge in [-0.15, -0.1) is 0 Å².